The molecule has 2 bridgehead atoms. The maximum absolute atomic E-state index is 12.0. The van der Waals surface area contributed by atoms with Crippen LogP contribution in [0.3, 0.4) is 0 Å². The summed E-state index contributed by atoms with van der Waals surface area (Å²) in [5.74, 6) is -0.126. The van der Waals surface area contributed by atoms with E-state index in [1.54, 1.807) is 0 Å². The zero-order valence-electron chi connectivity index (χ0n) is 14.0. The number of hydrogen-bond donors (Lipinski definition) is 1. The van der Waals surface area contributed by atoms with Crippen LogP contribution < -0.4 is 0 Å². The maximum atomic E-state index is 12.0. The molecule has 2 saturated carbocycles. The van der Waals surface area contributed by atoms with E-state index in [1.807, 2.05) is 6.26 Å². The third-order valence-corrected chi connectivity index (χ3v) is 7.93. The van der Waals surface area contributed by atoms with E-state index in [2.05, 4.69) is 13.8 Å². The van der Waals surface area contributed by atoms with Crippen molar-refractivity contribution in [3.05, 3.63) is 0 Å². The van der Waals surface area contributed by atoms with E-state index in [0.717, 1.165) is 19.3 Å². The topological polar surface area (TPSA) is 72.8 Å². The highest BCUT2D eigenvalue weighted by Crippen LogP contribution is 2.66. The second-order valence-electron chi connectivity index (χ2n) is 6.96. The summed E-state index contributed by atoms with van der Waals surface area (Å²) in [6.45, 7) is 4.40. The van der Waals surface area contributed by atoms with Crippen LogP contribution in [0.4, 0.5) is 0 Å². The van der Waals surface area contributed by atoms with Crippen LogP contribution in [0, 0.1) is 16.7 Å². The van der Waals surface area contributed by atoms with Gasteiger partial charge in [0, 0.05) is 5.41 Å². The Kier molecular flexibility index (Phi) is 4.74. The molecule has 0 aromatic rings. The van der Waals surface area contributed by atoms with Crippen LogP contribution >= 0.6 is 10.5 Å². The summed E-state index contributed by atoms with van der Waals surface area (Å²) in [5, 5.41) is 10.6. The number of hydrogen-bond acceptors (Lipinski definition) is 5. The highest BCUT2D eigenvalue weighted by Gasteiger charge is 2.63. The minimum Gasteiger partial charge on any atom is -0.465 e. The van der Waals surface area contributed by atoms with Crippen LogP contribution in [0.5, 0.6) is 0 Å². The Morgan fingerprint density at radius 1 is 1.23 bits per heavy atom. The van der Waals surface area contributed by atoms with Gasteiger partial charge < -0.3 is 14.6 Å². The number of carbonyl (C=O) groups excluding carboxylic acids is 2. The van der Waals surface area contributed by atoms with Gasteiger partial charge >= 0.3 is 11.9 Å². The Balaban J connectivity index is 2.40. The van der Waals surface area contributed by atoms with E-state index in [-0.39, 0.29) is 21.8 Å². The fourth-order valence-corrected chi connectivity index (χ4v) is 6.75. The first-order valence-electron chi connectivity index (χ1n) is 7.55. The lowest BCUT2D eigenvalue weighted by Crippen LogP contribution is -2.42. The second kappa shape index (κ2) is 5.96. The molecule has 126 valence electrons. The van der Waals surface area contributed by atoms with Gasteiger partial charge in [0.05, 0.1) is 20.3 Å². The molecular formula is C16H26O5S. The van der Waals surface area contributed by atoms with Crippen LogP contribution in [0.15, 0.2) is 0 Å². The fourth-order valence-electron chi connectivity index (χ4n) is 4.39. The summed E-state index contributed by atoms with van der Waals surface area (Å²) in [6, 6.07) is 0. The Morgan fingerprint density at radius 3 is 2.14 bits per heavy atom. The lowest BCUT2D eigenvalue weighted by molar-refractivity contribution is -0.137. The molecule has 0 aromatic carbocycles. The molecule has 0 radical (unpaired) electrons. The molecule has 1 unspecified atom stereocenters. The summed E-state index contributed by atoms with van der Waals surface area (Å²) in [6.07, 6.45) is 4.36. The molecule has 5 nitrogen and oxygen atoms in total. The molecular weight excluding hydrogens is 304 g/mol. The van der Waals surface area contributed by atoms with Gasteiger partial charge in [-0.2, -0.15) is 10.5 Å². The zero-order valence-corrected chi connectivity index (χ0v) is 14.8. The van der Waals surface area contributed by atoms with Crippen LogP contribution in [-0.2, 0) is 19.1 Å². The Labute approximate surface area is 134 Å². The minimum atomic E-state index is -0.631. The van der Waals surface area contributed by atoms with Crippen molar-refractivity contribution >= 4 is 27.3 Å². The summed E-state index contributed by atoms with van der Waals surface area (Å²) in [4.78, 5) is 24.0. The van der Waals surface area contributed by atoms with Crippen molar-refractivity contribution in [1.29, 1.82) is 0 Å². The van der Waals surface area contributed by atoms with Gasteiger partial charge in [-0.05, 0) is 42.6 Å². The lowest BCUT2D eigenvalue weighted by Gasteiger charge is -2.41. The van der Waals surface area contributed by atoms with Crippen molar-refractivity contribution in [3.63, 3.8) is 0 Å². The number of rotatable bonds is 4. The Hall–Kier alpha value is -0.880. The standard InChI is InChI=1S/C16H26O5S/c1-15(2)10-6-7-16(15,11(17)8-10)9-22(5)12(13(18)20-3)14(19)21-4/h10-11,17H,6-9H2,1-5H3/t10-,11-,16-,22?/m1/s1. The average Bonchev–Trinajstić information content (AvgIpc) is 2.81. The predicted molar refractivity (Wildman–Crippen MR) is 87.0 cm³/mol. The largest absolute Gasteiger partial charge is 0.465 e. The van der Waals surface area contributed by atoms with Gasteiger partial charge in [-0.1, -0.05) is 13.8 Å². The van der Waals surface area contributed by atoms with Crippen molar-refractivity contribution in [2.45, 2.75) is 39.2 Å². The molecule has 0 heterocycles. The number of fused-ring (bicyclic) bond motifs is 2. The van der Waals surface area contributed by atoms with Crippen molar-refractivity contribution in [3.8, 4) is 0 Å². The summed E-state index contributed by atoms with van der Waals surface area (Å²) < 4.78 is 9.49. The van der Waals surface area contributed by atoms with E-state index in [0.29, 0.717) is 11.7 Å². The molecule has 4 atom stereocenters. The highest BCUT2D eigenvalue weighted by molar-refractivity contribution is 8.17. The van der Waals surface area contributed by atoms with Crippen LogP contribution in [0.25, 0.3) is 0 Å². The van der Waals surface area contributed by atoms with Gasteiger partial charge in [0.15, 0.2) is 4.86 Å². The molecule has 2 fully saturated rings. The van der Waals surface area contributed by atoms with E-state index in [4.69, 9.17) is 9.47 Å². The number of esters is 2. The predicted octanol–water partition coefficient (Wildman–Crippen LogP) is 1.59. The fraction of sp³-hybridized carbons (Fsp3) is 0.812. The highest BCUT2D eigenvalue weighted by atomic mass is 32.2. The monoisotopic (exact) mass is 330 g/mol. The van der Waals surface area contributed by atoms with Gasteiger partial charge in [-0.3, -0.25) is 0 Å². The first-order chi connectivity index (χ1) is 10.2. The van der Waals surface area contributed by atoms with Crippen molar-refractivity contribution < 1.29 is 24.2 Å². The van der Waals surface area contributed by atoms with E-state index < -0.39 is 22.4 Å². The maximum Gasteiger partial charge on any atom is 0.351 e. The molecule has 0 aromatic heterocycles. The normalized spacial score (nSPS) is 33.4. The van der Waals surface area contributed by atoms with Crippen LogP contribution in [0.1, 0.15) is 33.1 Å². The molecule has 0 spiro atoms. The molecule has 2 aliphatic rings. The van der Waals surface area contributed by atoms with E-state index in [1.165, 1.54) is 14.2 Å². The smallest absolute Gasteiger partial charge is 0.351 e. The third kappa shape index (κ3) is 2.40. The lowest BCUT2D eigenvalue weighted by atomic mass is 9.70. The molecule has 0 aliphatic heterocycles. The molecule has 2 rings (SSSR count). The molecule has 0 saturated heterocycles. The zero-order chi connectivity index (χ0) is 16.7. The first-order valence-corrected chi connectivity index (χ1v) is 9.35. The van der Waals surface area contributed by atoms with Crippen LogP contribution in [-0.4, -0.2) is 54.2 Å². The second-order valence-corrected chi connectivity index (χ2v) is 8.93. The van der Waals surface area contributed by atoms with Crippen molar-refractivity contribution in [2.24, 2.45) is 16.7 Å². The third-order valence-electron chi connectivity index (χ3n) is 5.95. The van der Waals surface area contributed by atoms with Gasteiger partial charge in [0.1, 0.15) is 0 Å². The first kappa shape index (κ1) is 17.5. The number of carbonyl (C=O) groups is 2. The average molecular weight is 330 g/mol. The van der Waals surface area contributed by atoms with E-state index >= 15 is 0 Å². The number of aliphatic hydroxyl groups is 1. The Bertz CT molecular complexity index is 507. The quantitative estimate of drug-likeness (QED) is 0.481. The minimum absolute atomic E-state index is 0.0189. The van der Waals surface area contributed by atoms with Gasteiger partial charge in [0.2, 0.25) is 0 Å². The molecule has 2 aliphatic carbocycles. The van der Waals surface area contributed by atoms with Crippen LogP contribution in [0.2, 0.25) is 0 Å². The number of ether oxygens (including phenoxy) is 2. The molecule has 1 N–H and O–H groups in total. The summed E-state index contributed by atoms with van der Waals surface area (Å²) in [5.41, 5.74) is -0.214. The SMILES string of the molecule is COC(=O)C(C(=O)OC)=S(C)C[C@]12CC[C@H](C[C@H]1O)C2(C)C. The van der Waals surface area contributed by atoms with Gasteiger partial charge in [-0.25, -0.2) is 9.59 Å². The molecule has 22 heavy (non-hydrogen) atoms. The summed E-state index contributed by atoms with van der Waals surface area (Å²) >= 11 is 0. The van der Waals surface area contributed by atoms with Crippen molar-refractivity contribution in [2.75, 3.05) is 26.2 Å². The number of aliphatic hydroxyl groups excluding tert-OH is 1. The molecule has 0 amide bonds. The van der Waals surface area contributed by atoms with Gasteiger partial charge in [0.25, 0.3) is 0 Å². The summed E-state index contributed by atoms with van der Waals surface area (Å²) in [7, 11) is 1.90. The van der Waals surface area contributed by atoms with Crippen molar-refractivity contribution in [1.82, 2.24) is 0 Å². The van der Waals surface area contributed by atoms with Gasteiger partial charge in [-0.15, -0.1) is 0 Å². The van der Waals surface area contributed by atoms with E-state index in [9.17, 15) is 14.7 Å². The number of methoxy groups -OCH3 is 2. The Morgan fingerprint density at radius 2 is 1.77 bits per heavy atom. The molecule has 6 heteroatoms.